The van der Waals surface area contributed by atoms with Crippen LogP contribution in [-0.2, 0) is 6.54 Å². The minimum atomic E-state index is 0.656. The summed E-state index contributed by atoms with van der Waals surface area (Å²) in [7, 11) is 1.64. The molecule has 0 saturated carbocycles. The zero-order chi connectivity index (χ0) is 17.1. The van der Waals surface area contributed by atoms with E-state index in [9.17, 15) is 0 Å². The largest absolute Gasteiger partial charge is 0.481 e. The maximum absolute atomic E-state index is 5.11. The van der Waals surface area contributed by atoms with Gasteiger partial charge in [0.25, 0.3) is 0 Å². The molecule has 0 aliphatic carbocycles. The van der Waals surface area contributed by atoms with E-state index < -0.39 is 0 Å². The van der Waals surface area contributed by atoms with Gasteiger partial charge in [0.2, 0.25) is 5.88 Å². The monoisotopic (exact) mass is 335 g/mol. The smallest absolute Gasteiger partial charge is 0.212 e. The molecule has 1 aliphatic rings. The molecule has 6 nitrogen and oxygen atoms in total. The van der Waals surface area contributed by atoms with Gasteiger partial charge in [-0.3, -0.25) is 9.88 Å². The van der Waals surface area contributed by atoms with E-state index in [1.807, 2.05) is 42.7 Å². The predicted octanol–water partition coefficient (Wildman–Crippen LogP) is 2.36. The second-order valence-corrected chi connectivity index (χ2v) is 6.19. The van der Waals surface area contributed by atoms with Crippen molar-refractivity contribution in [3.8, 4) is 5.88 Å². The van der Waals surface area contributed by atoms with E-state index in [0.717, 1.165) is 49.6 Å². The lowest BCUT2D eigenvalue weighted by molar-refractivity contribution is 0.249. The Bertz CT molecular complexity index is 844. The number of rotatable bonds is 4. The highest BCUT2D eigenvalue weighted by atomic mass is 16.5. The lowest BCUT2D eigenvalue weighted by atomic mass is 10.2. The lowest BCUT2D eigenvalue weighted by Gasteiger charge is -2.35. The molecule has 6 heteroatoms. The fourth-order valence-corrected chi connectivity index (χ4v) is 3.12. The van der Waals surface area contributed by atoms with Crippen LogP contribution < -0.4 is 9.64 Å². The van der Waals surface area contributed by atoms with Crippen molar-refractivity contribution < 1.29 is 4.74 Å². The van der Waals surface area contributed by atoms with Crippen LogP contribution in [0.15, 0.2) is 48.8 Å². The van der Waals surface area contributed by atoms with Gasteiger partial charge in [-0.2, -0.15) is 0 Å². The van der Waals surface area contributed by atoms with Crippen molar-refractivity contribution in [3.63, 3.8) is 0 Å². The molecule has 0 amide bonds. The second kappa shape index (κ2) is 7.03. The Morgan fingerprint density at radius 2 is 1.72 bits per heavy atom. The number of hydrogen-bond acceptors (Lipinski definition) is 6. The maximum Gasteiger partial charge on any atom is 0.212 e. The summed E-state index contributed by atoms with van der Waals surface area (Å²) >= 11 is 0. The Balaban J connectivity index is 1.38. The SMILES string of the molecule is COc1ccc(CN2CCN(c3cnc4ccccc4n3)CC2)cn1. The van der Waals surface area contributed by atoms with Gasteiger partial charge in [-0.05, 0) is 17.7 Å². The molecule has 1 aliphatic heterocycles. The third-order valence-electron chi connectivity index (χ3n) is 4.55. The predicted molar refractivity (Wildman–Crippen MR) is 97.8 cm³/mol. The number of ether oxygens (including phenoxy) is 1. The van der Waals surface area contributed by atoms with E-state index in [1.165, 1.54) is 5.56 Å². The molecular weight excluding hydrogens is 314 g/mol. The number of fused-ring (bicyclic) bond motifs is 1. The van der Waals surface area contributed by atoms with Crippen LogP contribution in [0.5, 0.6) is 5.88 Å². The maximum atomic E-state index is 5.11. The quantitative estimate of drug-likeness (QED) is 0.729. The summed E-state index contributed by atoms with van der Waals surface area (Å²) in [5, 5.41) is 0. The molecule has 0 bridgehead atoms. The molecular formula is C19H21N5O. The van der Waals surface area contributed by atoms with E-state index in [2.05, 4.69) is 25.8 Å². The molecule has 1 fully saturated rings. The van der Waals surface area contributed by atoms with Crippen LogP contribution in [0.25, 0.3) is 11.0 Å². The van der Waals surface area contributed by atoms with Crippen LogP contribution >= 0.6 is 0 Å². The van der Waals surface area contributed by atoms with Crippen molar-refractivity contribution in [1.82, 2.24) is 19.9 Å². The van der Waals surface area contributed by atoms with Gasteiger partial charge < -0.3 is 9.64 Å². The second-order valence-electron chi connectivity index (χ2n) is 6.19. The molecule has 128 valence electrons. The lowest BCUT2D eigenvalue weighted by Crippen LogP contribution is -2.46. The molecule has 25 heavy (non-hydrogen) atoms. The summed E-state index contributed by atoms with van der Waals surface area (Å²) in [6.07, 6.45) is 3.77. The normalized spacial score (nSPS) is 15.5. The highest BCUT2D eigenvalue weighted by molar-refractivity contribution is 5.75. The number of hydrogen-bond donors (Lipinski definition) is 0. The van der Waals surface area contributed by atoms with Gasteiger partial charge in [0, 0.05) is 45.0 Å². The van der Waals surface area contributed by atoms with E-state index in [1.54, 1.807) is 7.11 Å². The Morgan fingerprint density at radius 1 is 0.920 bits per heavy atom. The fourth-order valence-electron chi connectivity index (χ4n) is 3.12. The number of pyridine rings is 1. The number of methoxy groups -OCH3 is 1. The third-order valence-corrected chi connectivity index (χ3v) is 4.55. The summed E-state index contributed by atoms with van der Waals surface area (Å²) in [4.78, 5) is 18.3. The van der Waals surface area contributed by atoms with Crippen LogP contribution in [0.1, 0.15) is 5.56 Å². The van der Waals surface area contributed by atoms with Crippen LogP contribution in [0, 0.1) is 0 Å². The average Bonchev–Trinajstić information content (AvgIpc) is 2.69. The first-order chi connectivity index (χ1) is 12.3. The first-order valence-electron chi connectivity index (χ1n) is 8.50. The number of piperazine rings is 1. The van der Waals surface area contributed by atoms with Crippen molar-refractivity contribution in [1.29, 1.82) is 0 Å². The average molecular weight is 335 g/mol. The molecule has 3 heterocycles. The molecule has 1 aromatic carbocycles. The van der Waals surface area contributed by atoms with Gasteiger partial charge in [0.1, 0.15) is 5.82 Å². The summed E-state index contributed by atoms with van der Waals surface area (Å²) < 4.78 is 5.11. The van der Waals surface area contributed by atoms with Crippen molar-refractivity contribution in [3.05, 3.63) is 54.4 Å². The molecule has 0 atom stereocenters. The van der Waals surface area contributed by atoms with Gasteiger partial charge in [-0.15, -0.1) is 0 Å². The van der Waals surface area contributed by atoms with Crippen LogP contribution in [0.2, 0.25) is 0 Å². The molecule has 1 saturated heterocycles. The number of anilines is 1. The molecule has 0 unspecified atom stereocenters. The molecule has 4 rings (SSSR count). The summed E-state index contributed by atoms with van der Waals surface area (Å²) in [5.41, 5.74) is 3.10. The first kappa shape index (κ1) is 15.8. The number of benzene rings is 1. The third kappa shape index (κ3) is 3.53. The van der Waals surface area contributed by atoms with Crippen molar-refractivity contribution >= 4 is 16.9 Å². The standard InChI is InChI=1S/C19H21N5O/c1-25-19-7-6-15(12-21-19)14-23-8-10-24(11-9-23)18-13-20-16-4-2-3-5-17(16)22-18/h2-7,12-13H,8-11,14H2,1H3. The number of para-hydroxylation sites is 2. The van der Waals surface area contributed by atoms with E-state index in [4.69, 9.17) is 9.72 Å². The molecule has 3 aromatic rings. The Kier molecular flexibility index (Phi) is 4.43. The molecule has 2 aromatic heterocycles. The molecule has 0 spiro atoms. The summed E-state index contributed by atoms with van der Waals surface area (Å²) in [6, 6.07) is 12.0. The van der Waals surface area contributed by atoms with Gasteiger partial charge in [0.15, 0.2) is 0 Å². The highest BCUT2D eigenvalue weighted by Gasteiger charge is 2.18. The Morgan fingerprint density at radius 3 is 2.44 bits per heavy atom. The molecule has 0 N–H and O–H groups in total. The number of aromatic nitrogens is 3. The van der Waals surface area contributed by atoms with Crippen LogP contribution in [0.4, 0.5) is 5.82 Å². The van der Waals surface area contributed by atoms with E-state index >= 15 is 0 Å². The minimum Gasteiger partial charge on any atom is -0.481 e. The van der Waals surface area contributed by atoms with Crippen molar-refractivity contribution in [2.75, 3.05) is 38.2 Å². The fraction of sp³-hybridized carbons (Fsp3) is 0.316. The number of nitrogens with zero attached hydrogens (tertiary/aromatic N) is 5. The van der Waals surface area contributed by atoms with Crippen molar-refractivity contribution in [2.45, 2.75) is 6.54 Å². The summed E-state index contributed by atoms with van der Waals surface area (Å²) in [6.45, 7) is 4.82. The zero-order valence-corrected chi connectivity index (χ0v) is 14.3. The van der Waals surface area contributed by atoms with E-state index in [-0.39, 0.29) is 0 Å². The van der Waals surface area contributed by atoms with Gasteiger partial charge in [-0.1, -0.05) is 18.2 Å². The van der Waals surface area contributed by atoms with E-state index in [0.29, 0.717) is 5.88 Å². The summed E-state index contributed by atoms with van der Waals surface area (Å²) in [5.74, 6) is 1.62. The van der Waals surface area contributed by atoms with Gasteiger partial charge >= 0.3 is 0 Å². The molecule has 0 radical (unpaired) electrons. The topological polar surface area (TPSA) is 54.4 Å². The van der Waals surface area contributed by atoms with Crippen molar-refractivity contribution in [2.24, 2.45) is 0 Å². The highest BCUT2D eigenvalue weighted by Crippen LogP contribution is 2.18. The Labute approximate surface area is 147 Å². The first-order valence-corrected chi connectivity index (χ1v) is 8.50. The zero-order valence-electron chi connectivity index (χ0n) is 14.3. The van der Waals surface area contributed by atoms with Crippen LogP contribution in [-0.4, -0.2) is 53.1 Å². The van der Waals surface area contributed by atoms with Gasteiger partial charge in [-0.25, -0.2) is 9.97 Å². The Hall–Kier alpha value is -2.73. The van der Waals surface area contributed by atoms with Crippen LogP contribution in [0.3, 0.4) is 0 Å². The minimum absolute atomic E-state index is 0.656. The van der Waals surface area contributed by atoms with Gasteiger partial charge in [0.05, 0.1) is 24.3 Å².